The zero-order chi connectivity index (χ0) is 57.0. The number of nitrogens with zero attached hydrogens (tertiary/aromatic N) is 4. The fourth-order valence-electron chi connectivity index (χ4n) is 7.83. The molecule has 0 unspecified atom stereocenters. The van der Waals surface area contributed by atoms with Crippen molar-refractivity contribution in [3.05, 3.63) is 245 Å². The number of hydrogen-bond acceptors (Lipinski definition) is 6. The van der Waals surface area contributed by atoms with Crippen LogP contribution in [0.2, 0.25) is 29.0 Å². The molecule has 0 atom stereocenters. The van der Waals surface area contributed by atoms with Crippen LogP contribution in [0, 0.1) is 0 Å². The Bertz CT molecular complexity index is 2440. The van der Waals surface area contributed by atoms with E-state index in [2.05, 4.69) is 240 Å². The Labute approximate surface area is 510 Å². The Morgan fingerprint density at radius 1 is 0.430 bits per heavy atom. The van der Waals surface area contributed by atoms with Crippen molar-refractivity contribution in [3.8, 4) is 0 Å². The van der Waals surface area contributed by atoms with Gasteiger partial charge in [-0.25, -0.2) is 19.9 Å². The van der Waals surface area contributed by atoms with Gasteiger partial charge >= 0.3 is 155 Å². The van der Waals surface area contributed by atoms with E-state index in [9.17, 15) is 0 Å². The van der Waals surface area contributed by atoms with E-state index in [1.54, 1.807) is 30.7 Å². The number of halogens is 5. The van der Waals surface area contributed by atoms with Crippen LogP contribution >= 0.6 is 69.7 Å². The molecular formula is C64H75Cl5N4O2P2PdSn. The summed E-state index contributed by atoms with van der Waals surface area (Å²) in [5.74, 6) is 0. The van der Waals surface area contributed by atoms with Crippen LogP contribution in [0.4, 0.5) is 0 Å². The fraction of sp³-hybridized carbons (Fsp3) is 0.250. The minimum Gasteiger partial charge on any atom is -0.0622 e. The van der Waals surface area contributed by atoms with Crippen LogP contribution in [0.1, 0.15) is 78.8 Å². The van der Waals surface area contributed by atoms with E-state index >= 15 is 0 Å². The minimum atomic E-state index is -2.02. The van der Waals surface area contributed by atoms with E-state index in [-0.39, 0.29) is 26.5 Å². The number of aromatic nitrogens is 4. The normalized spacial score (nSPS) is 10.7. The van der Waals surface area contributed by atoms with Crippen molar-refractivity contribution < 1.29 is 25.4 Å². The SMILES string of the molecule is CCC[CH2][Sn](/[CH]=C\OCC)([CH2]CCC)[CH2]CCC.CCO/C=C/c1ccnc(Cl)n1.Clc1ccnc(Cl)n1.[Cl][Pd][Cl].c1ccc(P(c2ccccc2)c2ccccc2)cc1.c1ccc(P(c2ccccc2)c2ccccc2)cc1. The minimum absolute atomic E-state index is 0.106. The summed E-state index contributed by atoms with van der Waals surface area (Å²) in [5, 5.41) is 9.18. The molecule has 0 fully saturated rings. The Balaban J connectivity index is 0.000000263. The molecule has 79 heavy (non-hydrogen) atoms. The van der Waals surface area contributed by atoms with E-state index < -0.39 is 34.2 Å². The maximum absolute atomic E-state index is 5.56. The smallest absolute Gasteiger partial charge is 0.0134 e. The molecule has 0 saturated heterocycles. The first-order valence-electron chi connectivity index (χ1n) is 26.6. The third-order valence-corrected chi connectivity index (χ3v) is 31.0. The Morgan fingerprint density at radius 2 is 0.734 bits per heavy atom. The van der Waals surface area contributed by atoms with Gasteiger partial charge in [0, 0.05) is 12.4 Å². The molecule has 0 N–H and O–H groups in total. The molecule has 0 saturated carbocycles. The molecule has 0 amide bonds. The fourth-order valence-corrected chi connectivity index (χ4v) is 26.6. The molecule has 6 nitrogen and oxygen atoms in total. The molecule has 0 spiro atoms. The second-order valence-corrected chi connectivity index (χ2v) is 38.2. The summed E-state index contributed by atoms with van der Waals surface area (Å²) in [4.78, 5) is 14.9. The van der Waals surface area contributed by atoms with Gasteiger partial charge in [0.15, 0.2) is 0 Å². The van der Waals surface area contributed by atoms with Gasteiger partial charge < -0.3 is 4.74 Å². The van der Waals surface area contributed by atoms with E-state index in [4.69, 9.17) is 63.3 Å². The third kappa shape index (κ3) is 29.8. The van der Waals surface area contributed by atoms with E-state index in [0.29, 0.717) is 11.8 Å². The largest absolute Gasteiger partial charge is 0.0622 e. The van der Waals surface area contributed by atoms with Crippen LogP contribution in [0.25, 0.3) is 6.08 Å². The molecular weight excluding hydrogens is 1320 g/mol. The van der Waals surface area contributed by atoms with Gasteiger partial charge in [-0.1, -0.05) is 194 Å². The molecule has 15 heteroatoms. The number of benzene rings is 6. The molecule has 2 heterocycles. The van der Waals surface area contributed by atoms with Crippen LogP contribution in [0.15, 0.2) is 223 Å². The summed E-state index contributed by atoms with van der Waals surface area (Å²) < 4.78 is 17.7. The molecule has 2 aromatic heterocycles. The molecule has 0 radical (unpaired) electrons. The molecule has 8 aromatic rings. The second-order valence-electron chi connectivity index (χ2n) is 17.3. The van der Waals surface area contributed by atoms with Crippen LogP contribution in [0.3, 0.4) is 0 Å². The van der Waals surface area contributed by atoms with Crippen molar-refractivity contribution in [2.24, 2.45) is 0 Å². The summed E-state index contributed by atoms with van der Waals surface area (Å²) in [6, 6.07) is 68.0. The summed E-state index contributed by atoms with van der Waals surface area (Å²) in [6.45, 7) is 12.4. The predicted molar refractivity (Wildman–Crippen MR) is 347 cm³/mol. The van der Waals surface area contributed by atoms with Crippen molar-refractivity contribution in [3.63, 3.8) is 0 Å². The van der Waals surface area contributed by atoms with Gasteiger partial charge in [0.25, 0.3) is 0 Å². The van der Waals surface area contributed by atoms with Gasteiger partial charge in [0.05, 0.1) is 18.6 Å². The molecule has 0 aliphatic rings. The van der Waals surface area contributed by atoms with Gasteiger partial charge in [-0.15, -0.1) is 0 Å². The molecule has 0 aliphatic carbocycles. The Morgan fingerprint density at radius 3 is 1.00 bits per heavy atom. The maximum atomic E-state index is 5.56. The average molecular weight is 1400 g/mol. The van der Waals surface area contributed by atoms with Crippen molar-refractivity contribution >= 4 is 126 Å². The molecule has 422 valence electrons. The zero-order valence-electron chi connectivity index (χ0n) is 45.9. The Kier molecular flexibility index (Phi) is 39.6. The molecule has 0 aliphatic heterocycles. The van der Waals surface area contributed by atoms with Crippen LogP contribution in [-0.2, 0) is 25.4 Å². The summed E-state index contributed by atoms with van der Waals surface area (Å²) in [7, 11) is 8.74. The Hall–Kier alpha value is -3.67. The molecule has 8 rings (SSSR count). The molecule has 0 bridgehead atoms. The zero-order valence-corrected chi connectivity index (χ0v) is 55.9. The number of ether oxygens (including phenoxy) is 2. The van der Waals surface area contributed by atoms with Gasteiger partial charge in [-0.05, 0) is 96.0 Å². The monoisotopic (exact) mass is 1390 g/mol. The van der Waals surface area contributed by atoms with Gasteiger partial charge in [-0.2, -0.15) is 0 Å². The summed E-state index contributed by atoms with van der Waals surface area (Å²) >= 11 is 14.2. The van der Waals surface area contributed by atoms with Crippen molar-refractivity contribution in [1.82, 2.24) is 19.9 Å². The van der Waals surface area contributed by atoms with Crippen molar-refractivity contribution in [1.29, 1.82) is 0 Å². The quantitative estimate of drug-likeness (QED) is 0.0235. The third-order valence-electron chi connectivity index (χ3n) is 11.6. The van der Waals surface area contributed by atoms with Crippen LogP contribution < -0.4 is 31.8 Å². The van der Waals surface area contributed by atoms with E-state index in [0.717, 1.165) is 12.3 Å². The number of rotatable bonds is 21. The van der Waals surface area contributed by atoms with Crippen molar-refractivity contribution in [2.45, 2.75) is 86.5 Å². The predicted octanol–water partition coefficient (Wildman–Crippen LogP) is 18.1. The maximum Gasteiger partial charge on any atom is -0.0134 e. The second kappa shape index (κ2) is 44.9. The van der Waals surface area contributed by atoms with Gasteiger partial charge in [0.1, 0.15) is 5.15 Å². The average Bonchev–Trinajstić information content (AvgIpc) is 3.49. The topological polar surface area (TPSA) is 70.0 Å². The summed E-state index contributed by atoms with van der Waals surface area (Å²) in [6.07, 6.45) is 16.8. The van der Waals surface area contributed by atoms with Gasteiger partial charge in [0.2, 0.25) is 10.6 Å². The first kappa shape index (κ1) is 69.6. The van der Waals surface area contributed by atoms with Crippen molar-refractivity contribution in [2.75, 3.05) is 13.2 Å². The standard InChI is InChI=1S/2C18H15P.C8H9ClN2O.C4H2Cl2N2.C4H7O.3C4H9.2ClH.Pd.Sn/c2*1-4-10-16(11-5-1)19(17-12-6-2-7-13-17)18-14-8-3-9-15-18;1-2-12-6-4-7-3-5-10-8(9)11-7;5-3-1-2-7-4(6)8-3;1-3-5-4-2;3*1-3-4-2;;;;/h2*1-15H;3-6H,2H2,1H3;1-2H;1,3H,4H2,2H3;3*1,3-4H2,2H3;2*1H;;/q;;;;;;;;;;+2;/p-2/b;;6-4+;;;;;;;;;. The van der Waals surface area contributed by atoms with E-state index in [1.165, 1.54) is 89.9 Å². The first-order valence-corrected chi connectivity index (χ1v) is 42.1. The van der Waals surface area contributed by atoms with Crippen LogP contribution in [0.5, 0.6) is 0 Å². The number of unbranched alkanes of at least 4 members (excludes halogenated alkanes) is 3. The number of hydrogen-bond donors (Lipinski definition) is 0. The van der Waals surface area contributed by atoms with E-state index in [1.807, 2.05) is 6.92 Å². The molecule has 6 aromatic carbocycles. The summed E-state index contributed by atoms with van der Waals surface area (Å²) in [5.41, 5.74) is 0.739. The van der Waals surface area contributed by atoms with Gasteiger partial charge in [-0.3, -0.25) is 0 Å². The van der Waals surface area contributed by atoms with Crippen LogP contribution in [-0.4, -0.2) is 51.5 Å². The first-order chi connectivity index (χ1) is 38.7.